The van der Waals surface area contributed by atoms with Crippen molar-refractivity contribution in [3.8, 4) is 5.88 Å². The quantitative estimate of drug-likeness (QED) is 0.893. The molecular weight excluding hydrogens is 272 g/mol. The van der Waals surface area contributed by atoms with E-state index in [-0.39, 0.29) is 0 Å². The van der Waals surface area contributed by atoms with Crippen molar-refractivity contribution in [1.29, 1.82) is 0 Å². The summed E-state index contributed by atoms with van der Waals surface area (Å²) in [6, 6.07) is 2.68. The van der Waals surface area contributed by atoms with Gasteiger partial charge in [0.1, 0.15) is 6.10 Å². The Morgan fingerprint density at radius 1 is 1.25 bits per heavy atom. The Labute approximate surface area is 126 Å². The Bertz CT molecular complexity index is 454. The van der Waals surface area contributed by atoms with Crippen LogP contribution in [-0.2, 0) is 6.54 Å². The van der Waals surface area contributed by atoms with Crippen LogP contribution in [0.5, 0.6) is 5.88 Å². The maximum Gasteiger partial charge on any atom is 0.213 e. The Morgan fingerprint density at radius 3 is 2.70 bits per heavy atom. The van der Waals surface area contributed by atoms with Gasteiger partial charge in [-0.05, 0) is 50.0 Å². The fraction of sp³-hybridized carbons (Fsp3) is 0.688. The van der Waals surface area contributed by atoms with Gasteiger partial charge in [0.15, 0.2) is 0 Å². The van der Waals surface area contributed by atoms with Gasteiger partial charge in [0.2, 0.25) is 5.88 Å². The lowest BCUT2D eigenvalue weighted by Gasteiger charge is -2.26. The first kappa shape index (κ1) is 14.2. The Hall–Kier alpha value is -0.800. The van der Waals surface area contributed by atoms with Crippen molar-refractivity contribution in [2.45, 2.75) is 64.1 Å². The molecule has 2 aliphatic rings. The molecule has 0 atom stereocenters. The lowest BCUT2D eigenvalue weighted by molar-refractivity contribution is 0.130. The van der Waals surface area contributed by atoms with E-state index in [1.807, 2.05) is 6.07 Å². The van der Waals surface area contributed by atoms with Gasteiger partial charge >= 0.3 is 0 Å². The molecule has 3 nitrogen and oxygen atoms in total. The number of hydrogen-bond donors (Lipinski definition) is 1. The number of nitrogens with one attached hydrogen (secondary N) is 1. The zero-order valence-electron chi connectivity index (χ0n) is 12.1. The van der Waals surface area contributed by atoms with E-state index in [0.29, 0.717) is 12.1 Å². The van der Waals surface area contributed by atoms with Crippen molar-refractivity contribution in [1.82, 2.24) is 10.3 Å². The summed E-state index contributed by atoms with van der Waals surface area (Å²) in [4.78, 5) is 4.31. The van der Waals surface area contributed by atoms with E-state index < -0.39 is 0 Å². The van der Waals surface area contributed by atoms with Crippen LogP contribution in [0.2, 0.25) is 5.02 Å². The van der Waals surface area contributed by atoms with E-state index in [9.17, 15) is 0 Å². The summed E-state index contributed by atoms with van der Waals surface area (Å²) >= 11 is 6.20. The number of pyridine rings is 1. The molecule has 110 valence electrons. The van der Waals surface area contributed by atoms with Crippen LogP contribution in [0.3, 0.4) is 0 Å². The summed E-state index contributed by atoms with van der Waals surface area (Å²) in [5.41, 5.74) is 1.09. The maximum absolute atomic E-state index is 6.20. The molecule has 0 amide bonds. The average molecular weight is 295 g/mol. The molecule has 0 radical (unpaired) electrons. The summed E-state index contributed by atoms with van der Waals surface area (Å²) in [6.45, 7) is 3.13. The second-order valence-corrected chi connectivity index (χ2v) is 6.68. The molecule has 1 heterocycles. The van der Waals surface area contributed by atoms with Gasteiger partial charge in [0.05, 0.1) is 5.02 Å². The molecule has 1 N–H and O–H groups in total. The standard InChI is InChI=1S/C16H23ClN2O/c1-11-2-6-14(7-3-11)20-16-8-12(15(17)10-19-16)9-18-13-4-5-13/h8,10-11,13-14,18H,2-7,9H2,1H3. The zero-order chi connectivity index (χ0) is 13.9. The topological polar surface area (TPSA) is 34.1 Å². The first-order valence-electron chi connectivity index (χ1n) is 7.75. The number of aromatic nitrogens is 1. The van der Waals surface area contributed by atoms with E-state index >= 15 is 0 Å². The molecule has 2 aliphatic carbocycles. The molecule has 1 aromatic rings. The van der Waals surface area contributed by atoms with Crippen LogP contribution in [0, 0.1) is 5.92 Å². The first-order valence-corrected chi connectivity index (χ1v) is 8.13. The van der Waals surface area contributed by atoms with Crippen LogP contribution >= 0.6 is 11.6 Å². The Balaban J connectivity index is 1.59. The highest BCUT2D eigenvalue weighted by Gasteiger charge is 2.22. The summed E-state index contributed by atoms with van der Waals surface area (Å²) in [6.07, 6.45) is 9.40. The summed E-state index contributed by atoms with van der Waals surface area (Å²) in [7, 11) is 0. The maximum atomic E-state index is 6.20. The number of halogens is 1. The number of ether oxygens (including phenoxy) is 1. The lowest BCUT2D eigenvalue weighted by Crippen LogP contribution is -2.23. The molecule has 3 rings (SSSR count). The second kappa shape index (κ2) is 6.31. The number of rotatable bonds is 5. The molecular formula is C16H23ClN2O. The minimum absolute atomic E-state index is 0.323. The van der Waals surface area contributed by atoms with E-state index in [0.717, 1.165) is 41.8 Å². The van der Waals surface area contributed by atoms with Crippen LogP contribution in [0.4, 0.5) is 0 Å². The molecule has 0 saturated heterocycles. The fourth-order valence-electron chi connectivity index (χ4n) is 2.72. The highest BCUT2D eigenvalue weighted by Crippen LogP contribution is 2.28. The van der Waals surface area contributed by atoms with E-state index in [1.165, 1.54) is 25.7 Å². The molecule has 1 aromatic heterocycles. The van der Waals surface area contributed by atoms with Crippen LogP contribution in [0.25, 0.3) is 0 Å². The summed E-state index contributed by atoms with van der Waals surface area (Å²) < 4.78 is 6.02. The van der Waals surface area contributed by atoms with E-state index in [4.69, 9.17) is 16.3 Å². The van der Waals surface area contributed by atoms with Crippen molar-refractivity contribution < 1.29 is 4.74 Å². The van der Waals surface area contributed by atoms with E-state index in [1.54, 1.807) is 6.20 Å². The van der Waals surface area contributed by atoms with Gasteiger partial charge in [-0.1, -0.05) is 18.5 Å². The van der Waals surface area contributed by atoms with Gasteiger partial charge in [-0.2, -0.15) is 0 Å². The van der Waals surface area contributed by atoms with Gasteiger partial charge in [-0.25, -0.2) is 4.98 Å². The highest BCUT2D eigenvalue weighted by atomic mass is 35.5. The molecule has 0 bridgehead atoms. The molecule has 2 saturated carbocycles. The SMILES string of the molecule is CC1CCC(Oc2cc(CNC3CC3)c(Cl)cn2)CC1. The summed E-state index contributed by atoms with van der Waals surface area (Å²) in [5.74, 6) is 1.56. The second-order valence-electron chi connectivity index (χ2n) is 6.27. The van der Waals surface area contributed by atoms with Gasteiger partial charge in [-0.3, -0.25) is 0 Å². The van der Waals surface area contributed by atoms with Crippen molar-refractivity contribution >= 4 is 11.6 Å². The van der Waals surface area contributed by atoms with Crippen molar-refractivity contribution in [2.24, 2.45) is 5.92 Å². The summed E-state index contributed by atoms with van der Waals surface area (Å²) in [5, 5.41) is 4.21. The fourth-order valence-corrected chi connectivity index (χ4v) is 2.89. The van der Waals surface area contributed by atoms with E-state index in [2.05, 4.69) is 17.2 Å². The van der Waals surface area contributed by atoms with Crippen molar-refractivity contribution in [2.75, 3.05) is 0 Å². The third kappa shape index (κ3) is 3.86. The van der Waals surface area contributed by atoms with Crippen LogP contribution in [0.15, 0.2) is 12.3 Å². The molecule has 0 aromatic carbocycles. The predicted octanol–water partition coefficient (Wildman–Crippen LogP) is 3.94. The highest BCUT2D eigenvalue weighted by molar-refractivity contribution is 6.31. The van der Waals surface area contributed by atoms with Crippen LogP contribution < -0.4 is 10.1 Å². The van der Waals surface area contributed by atoms with Gasteiger partial charge in [0, 0.05) is 24.8 Å². The van der Waals surface area contributed by atoms with Crippen molar-refractivity contribution in [3.63, 3.8) is 0 Å². The predicted molar refractivity (Wildman–Crippen MR) is 81.2 cm³/mol. The normalized spacial score (nSPS) is 26.5. The molecule has 20 heavy (non-hydrogen) atoms. The van der Waals surface area contributed by atoms with Crippen LogP contribution in [-0.4, -0.2) is 17.1 Å². The average Bonchev–Trinajstić information content (AvgIpc) is 3.26. The van der Waals surface area contributed by atoms with Crippen LogP contribution in [0.1, 0.15) is 51.0 Å². The minimum atomic E-state index is 0.323. The molecule has 4 heteroatoms. The molecule has 0 spiro atoms. The smallest absolute Gasteiger partial charge is 0.213 e. The van der Waals surface area contributed by atoms with Gasteiger partial charge in [-0.15, -0.1) is 0 Å². The monoisotopic (exact) mass is 294 g/mol. The first-order chi connectivity index (χ1) is 9.70. The number of hydrogen-bond acceptors (Lipinski definition) is 3. The molecule has 0 aliphatic heterocycles. The van der Waals surface area contributed by atoms with Gasteiger partial charge < -0.3 is 10.1 Å². The van der Waals surface area contributed by atoms with Crippen molar-refractivity contribution in [3.05, 3.63) is 22.8 Å². The largest absolute Gasteiger partial charge is 0.474 e. The zero-order valence-corrected chi connectivity index (χ0v) is 12.8. The third-order valence-corrected chi connectivity index (χ3v) is 4.66. The Morgan fingerprint density at radius 2 is 2.00 bits per heavy atom. The number of nitrogens with zero attached hydrogens (tertiary/aromatic N) is 1. The lowest BCUT2D eigenvalue weighted by atomic mass is 9.89. The minimum Gasteiger partial charge on any atom is -0.474 e. The third-order valence-electron chi connectivity index (χ3n) is 4.32. The Kier molecular flexibility index (Phi) is 4.47. The van der Waals surface area contributed by atoms with Gasteiger partial charge in [0.25, 0.3) is 0 Å². The molecule has 2 fully saturated rings. The molecule has 0 unspecified atom stereocenters.